The van der Waals surface area contributed by atoms with E-state index < -0.39 is 0 Å². The van der Waals surface area contributed by atoms with Crippen molar-refractivity contribution in [2.24, 2.45) is 11.8 Å². The fraction of sp³-hybridized carbons (Fsp3) is 0.632. The van der Waals surface area contributed by atoms with Crippen LogP contribution in [-0.2, 0) is 9.53 Å². The highest BCUT2D eigenvalue weighted by molar-refractivity contribution is 5.79. The molecule has 1 aromatic carbocycles. The molecule has 0 saturated carbocycles. The maximum Gasteiger partial charge on any atom is 0.223 e. The SMILES string of the molecule is CCOCCC(C)C[C@H]1CC(=O)N([C@@H](C)c2ccccc2)C1. The minimum absolute atomic E-state index is 0.178. The molecule has 1 heterocycles. The smallest absolute Gasteiger partial charge is 0.223 e. The summed E-state index contributed by atoms with van der Waals surface area (Å²) >= 11 is 0. The number of rotatable bonds is 8. The number of hydrogen-bond acceptors (Lipinski definition) is 2. The van der Waals surface area contributed by atoms with Crippen LogP contribution in [-0.4, -0.2) is 30.6 Å². The van der Waals surface area contributed by atoms with E-state index >= 15 is 0 Å². The lowest BCUT2D eigenvalue weighted by atomic mass is 9.93. The van der Waals surface area contributed by atoms with E-state index in [9.17, 15) is 4.79 Å². The number of ether oxygens (including phenoxy) is 1. The first-order valence-corrected chi connectivity index (χ1v) is 8.54. The van der Waals surface area contributed by atoms with Crippen molar-refractivity contribution in [2.75, 3.05) is 19.8 Å². The molecule has 1 aromatic rings. The predicted octanol–water partition coefficient (Wildman–Crippen LogP) is 4.05. The Labute approximate surface area is 134 Å². The van der Waals surface area contributed by atoms with Crippen LogP contribution in [0.4, 0.5) is 0 Å². The standard InChI is InChI=1S/C19H29NO2/c1-4-22-11-10-15(2)12-17-13-19(21)20(14-17)16(3)18-8-6-5-7-9-18/h5-9,15-17H,4,10-14H2,1-3H3/t15?,16-,17-/m0/s1. The molecule has 3 heteroatoms. The van der Waals surface area contributed by atoms with Gasteiger partial charge in [0.2, 0.25) is 5.91 Å². The highest BCUT2D eigenvalue weighted by Crippen LogP contribution is 2.31. The van der Waals surface area contributed by atoms with Gasteiger partial charge in [-0.25, -0.2) is 0 Å². The summed E-state index contributed by atoms with van der Waals surface area (Å²) < 4.78 is 5.43. The zero-order valence-electron chi connectivity index (χ0n) is 14.1. The number of carbonyl (C=O) groups excluding carboxylic acids is 1. The molecule has 0 spiro atoms. The molecule has 3 nitrogen and oxygen atoms in total. The number of likely N-dealkylation sites (tertiary alicyclic amines) is 1. The van der Waals surface area contributed by atoms with E-state index in [1.165, 1.54) is 5.56 Å². The average Bonchev–Trinajstić information content (AvgIpc) is 2.88. The summed E-state index contributed by atoms with van der Waals surface area (Å²) in [6.45, 7) is 8.96. The van der Waals surface area contributed by atoms with Crippen molar-refractivity contribution in [2.45, 2.75) is 46.1 Å². The molecule has 0 radical (unpaired) electrons. The first-order valence-electron chi connectivity index (χ1n) is 8.54. The monoisotopic (exact) mass is 303 g/mol. The maximum absolute atomic E-state index is 12.3. The van der Waals surface area contributed by atoms with Crippen molar-refractivity contribution in [3.05, 3.63) is 35.9 Å². The molecule has 0 N–H and O–H groups in total. The van der Waals surface area contributed by atoms with Gasteiger partial charge in [0, 0.05) is 26.2 Å². The van der Waals surface area contributed by atoms with Crippen LogP contribution in [0.25, 0.3) is 0 Å². The molecular weight excluding hydrogens is 274 g/mol. The van der Waals surface area contributed by atoms with Gasteiger partial charge < -0.3 is 9.64 Å². The van der Waals surface area contributed by atoms with Gasteiger partial charge in [0.05, 0.1) is 6.04 Å². The lowest BCUT2D eigenvalue weighted by molar-refractivity contribution is -0.129. The van der Waals surface area contributed by atoms with Gasteiger partial charge in [-0.1, -0.05) is 37.3 Å². The van der Waals surface area contributed by atoms with Crippen molar-refractivity contribution < 1.29 is 9.53 Å². The summed E-state index contributed by atoms with van der Waals surface area (Å²) in [6.07, 6.45) is 2.92. The molecular formula is C19H29NO2. The van der Waals surface area contributed by atoms with E-state index in [4.69, 9.17) is 4.74 Å². The number of nitrogens with zero attached hydrogens (tertiary/aromatic N) is 1. The zero-order valence-corrected chi connectivity index (χ0v) is 14.1. The van der Waals surface area contributed by atoms with Gasteiger partial charge in [-0.15, -0.1) is 0 Å². The van der Waals surface area contributed by atoms with Gasteiger partial charge in [-0.2, -0.15) is 0 Å². The lowest BCUT2D eigenvalue weighted by Gasteiger charge is -2.25. The van der Waals surface area contributed by atoms with Crippen LogP contribution in [0, 0.1) is 11.8 Å². The third-order valence-corrected chi connectivity index (χ3v) is 4.68. The summed E-state index contributed by atoms with van der Waals surface area (Å²) in [5.74, 6) is 1.42. The highest BCUT2D eigenvalue weighted by atomic mass is 16.5. The van der Waals surface area contributed by atoms with Crippen molar-refractivity contribution in [1.82, 2.24) is 4.90 Å². The third kappa shape index (κ3) is 4.57. The van der Waals surface area contributed by atoms with Gasteiger partial charge in [-0.3, -0.25) is 4.79 Å². The molecule has 0 bridgehead atoms. The maximum atomic E-state index is 12.3. The van der Waals surface area contributed by atoms with E-state index in [1.807, 2.05) is 25.1 Å². The van der Waals surface area contributed by atoms with Crippen LogP contribution in [0.2, 0.25) is 0 Å². The summed E-state index contributed by atoms with van der Waals surface area (Å²) in [5, 5.41) is 0. The van der Waals surface area contributed by atoms with E-state index in [0.29, 0.717) is 24.2 Å². The first kappa shape index (κ1) is 17.0. The summed E-state index contributed by atoms with van der Waals surface area (Å²) in [6, 6.07) is 10.5. The molecule has 1 unspecified atom stereocenters. The van der Waals surface area contributed by atoms with Crippen molar-refractivity contribution >= 4 is 5.91 Å². The fourth-order valence-corrected chi connectivity index (χ4v) is 3.37. The van der Waals surface area contributed by atoms with Crippen molar-refractivity contribution in [3.63, 3.8) is 0 Å². The van der Waals surface area contributed by atoms with Crippen molar-refractivity contribution in [1.29, 1.82) is 0 Å². The van der Waals surface area contributed by atoms with E-state index in [2.05, 4.69) is 30.9 Å². The Morgan fingerprint density at radius 2 is 2.00 bits per heavy atom. The number of hydrogen-bond donors (Lipinski definition) is 0. The summed E-state index contributed by atoms with van der Waals surface area (Å²) in [4.78, 5) is 14.4. The van der Waals surface area contributed by atoms with Crippen LogP contribution in [0.3, 0.4) is 0 Å². The van der Waals surface area contributed by atoms with Gasteiger partial charge >= 0.3 is 0 Å². The largest absolute Gasteiger partial charge is 0.382 e. The van der Waals surface area contributed by atoms with E-state index in [0.717, 1.165) is 32.6 Å². The molecule has 3 atom stereocenters. The molecule has 22 heavy (non-hydrogen) atoms. The average molecular weight is 303 g/mol. The molecule has 2 rings (SSSR count). The molecule has 1 amide bonds. The predicted molar refractivity (Wildman–Crippen MR) is 89.6 cm³/mol. The third-order valence-electron chi connectivity index (χ3n) is 4.68. The highest BCUT2D eigenvalue weighted by Gasteiger charge is 2.33. The van der Waals surface area contributed by atoms with Crippen LogP contribution >= 0.6 is 0 Å². The second-order valence-corrected chi connectivity index (χ2v) is 6.53. The Kier molecular flexibility index (Phi) is 6.44. The molecule has 1 aliphatic heterocycles. The molecule has 0 aromatic heterocycles. The van der Waals surface area contributed by atoms with Gasteiger partial charge in [-0.05, 0) is 44.1 Å². The van der Waals surface area contributed by atoms with Crippen LogP contribution < -0.4 is 0 Å². The Balaban J connectivity index is 1.85. The molecule has 0 aliphatic carbocycles. The topological polar surface area (TPSA) is 29.5 Å². The minimum Gasteiger partial charge on any atom is -0.382 e. The zero-order chi connectivity index (χ0) is 15.9. The van der Waals surface area contributed by atoms with Gasteiger partial charge in [0.1, 0.15) is 0 Å². The Morgan fingerprint density at radius 3 is 2.68 bits per heavy atom. The van der Waals surface area contributed by atoms with E-state index in [1.54, 1.807) is 0 Å². The van der Waals surface area contributed by atoms with Gasteiger partial charge in [0.25, 0.3) is 0 Å². The van der Waals surface area contributed by atoms with Crippen molar-refractivity contribution in [3.8, 4) is 0 Å². The molecule has 122 valence electrons. The quantitative estimate of drug-likeness (QED) is 0.678. The normalized spacial score (nSPS) is 21.1. The Hall–Kier alpha value is -1.35. The lowest BCUT2D eigenvalue weighted by Crippen LogP contribution is -2.28. The van der Waals surface area contributed by atoms with E-state index in [-0.39, 0.29) is 6.04 Å². The molecule has 1 saturated heterocycles. The Morgan fingerprint density at radius 1 is 1.27 bits per heavy atom. The molecule has 1 fully saturated rings. The second-order valence-electron chi connectivity index (χ2n) is 6.53. The Bertz CT molecular complexity index is 460. The first-order chi connectivity index (χ1) is 10.6. The van der Waals surface area contributed by atoms with Crippen LogP contribution in [0.5, 0.6) is 0 Å². The van der Waals surface area contributed by atoms with Gasteiger partial charge in [0.15, 0.2) is 0 Å². The van der Waals surface area contributed by atoms with Crippen LogP contribution in [0.1, 0.15) is 51.6 Å². The number of amides is 1. The summed E-state index contributed by atoms with van der Waals surface area (Å²) in [5.41, 5.74) is 1.22. The summed E-state index contributed by atoms with van der Waals surface area (Å²) in [7, 11) is 0. The van der Waals surface area contributed by atoms with Crippen LogP contribution in [0.15, 0.2) is 30.3 Å². The number of benzene rings is 1. The fourth-order valence-electron chi connectivity index (χ4n) is 3.37. The minimum atomic E-state index is 0.178. The molecule has 1 aliphatic rings. The second kappa shape index (κ2) is 8.33. The number of carbonyl (C=O) groups is 1.